The van der Waals surface area contributed by atoms with Crippen LogP contribution in [0.1, 0.15) is 43.6 Å². The number of nitrogens with one attached hydrogen (secondary N) is 1. The average Bonchev–Trinajstić information content (AvgIpc) is 2.69. The molecule has 0 saturated carbocycles. The second-order valence-corrected chi connectivity index (χ2v) is 7.03. The van der Waals surface area contributed by atoms with Gasteiger partial charge in [0.1, 0.15) is 5.82 Å². The van der Waals surface area contributed by atoms with E-state index in [2.05, 4.69) is 5.32 Å². The minimum absolute atomic E-state index is 0.00358. The van der Waals surface area contributed by atoms with E-state index in [4.69, 9.17) is 14.0 Å². The Kier molecular flexibility index (Phi) is 5.37. The fourth-order valence-corrected chi connectivity index (χ4v) is 2.46. The van der Waals surface area contributed by atoms with Crippen molar-refractivity contribution in [1.82, 2.24) is 5.32 Å². The smallest absolute Gasteiger partial charge is 0.399 e. The molecule has 0 aromatic heterocycles. The Morgan fingerprint density at radius 1 is 1.25 bits per heavy atom. The van der Waals surface area contributed by atoms with Gasteiger partial charge in [-0.3, -0.25) is 4.79 Å². The van der Waals surface area contributed by atoms with Crippen molar-refractivity contribution in [3.05, 3.63) is 29.1 Å². The van der Waals surface area contributed by atoms with Gasteiger partial charge >= 0.3 is 7.12 Å². The third kappa shape index (κ3) is 3.63. The van der Waals surface area contributed by atoms with Crippen molar-refractivity contribution in [2.45, 2.75) is 45.8 Å². The number of rotatable bonds is 5. The zero-order valence-corrected chi connectivity index (χ0v) is 15.2. The molecule has 1 heterocycles. The Morgan fingerprint density at radius 2 is 1.83 bits per heavy atom. The van der Waals surface area contributed by atoms with E-state index < -0.39 is 30.0 Å². The third-order valence-corrected chi connectivity index (χ3v) is 4.70. The van der Waals surface area contributed by atoms with Crippen molar-refractivity contribution in [2.75, 3.05) is 20.3 Å². The van der Waals surface area contributed by atoms with Crippen LogP contribution in [0.3, 0.4) is 0 Å². The van der Waals surface area contributed by atoms with Crippen LogP contribution in [-0.2, 0) is 14.0 Å². The van der Waals surface area contributed by atoms with Crippen molar-refractivity contribution in [3.8, 4) is 0 Å². The molecule has 1 amide bonds. The van der Waals surface area contributed by atoms with Gasteiger partial charge in [-0.25, -0.2) is 4.39 Å². The molecule has 0 bridgehead atoms. The normalized spacial score (nSPS) is 18.7. The first-order chi connectivity index (χ1) is 11.1. The Morgan fingerprint density at radius 3 is 2.38 bits per heavy atom. The molecule has 1 aromatic carbocycles. The summed E-state index contributed by atoms with van der Waals surface area (Å²) in [7, 11) is 0.881. The summed E-state index contributed by atoms with van der Waals surface area (Å²) in [6, 6.07) is 2.85. The van der Waals surface area contributed by atoms with E-state index in [1.807, 2.05) is 34.6 Å². The highest BCUT2D eigenvalue weighted by Gasteiger charge is 2.52. The molecule has 132 valence electrons. The predicted molar refractivity (Wildman–Crippen MR) is 91.1 cm³/mol. The van der Waals surface area contributed by atoms with E-state index in [9.17, 15) is 9.18 Å². The Balaban J connectivity index is 2.23. The van der Waals surface area contributed by atoms with Gasteiger partial charge in [-0.1, -0.05) is 5.56 Å². The van der Waals surface area contributed by atoms with Crippen molar-refractivity contribution in [1.29, 1.82) is 0 Å². The van der Waals surface area contributed by atoms with E-state index in [-0.39, 0.29) is 5.56 Å². The van der Waals surface area contributed by atoms with E-state index in [1.165, 1.54) is 19.2 Å². The summed E-state index contributed by atoms with van der Waals surface area (Å²) in [6.07, 6.45) is 0. The number of carbonyl (C=O) groups excluding carboxylic acids is 1. The van der Waals surface area contributed by atoms with Crippen molar-refractivity contribution >= 4 is 18.5 Å². The highest BCUT2D eigenvalue weighted by molar-refractivity contribution is 6.62. The second kappa shape index (κ2) is 6.82. The molecule has 0 atom stereocenters. The van der Waals surface area contributed by atoms with Gasteiger partial charge in [0.2, 0.25) is 0 Å². The van der Waals surface area contributed by atoms with E-state index in [0.717, 1.165) is 5.56 Å². The molecule has 1 saturated heterocycles. The quantitative estimate of drug-likeness (QED) is 0.658. The van der Waals surface area contributed by atoms with Crippen LogP contribution < -0.4 is 10.8 Å². The van der Waals surface area contributed by atoms with Gasteiger partial charge < -0.3 is 19.4 Å². The minimum Gasteiger partial charge on any atom is -0.399 e. The molecule has 0 unspecified atom stereocenters. The predicted octanol–water partition coefficient (Wildman–Crippen LogP) is 1.81. The molecule has 0 radical (unpaired) electrons. The van der Waals surface area contributed by atoms with Crippen LogP contribution >= 0.6 is 0 Å². The number of benzene rings is 1. The molecular formula is C17H25BFNO4. The molecule has 1 N–H and O–H groups in total. The molecule has 1 aliphatic rings. The summed E-state index contributed by atoms with van der Waals surface area (Å²) in [5.74, 6) is -1.06. The molecule has 7 heteroatoms. The van der Waals surface area contributed by atoms with Crippen LogP contribution in [0.25, 0.3) is 0 Å². The molecular weight excluding hydrogens is 312 g/mol. The monoisotopic (exact) mass is 337 g/mol. The number of methoxy groups -OCH3 is 1. The van der Waals surface area contributed by atoms with Gasteiger partial charge in [-0.15, -0.1) is 0 Å². The first kappa shape index (κ1) is 18.9. The standard InChI is InChI=1S/C17H25BFNO4/c1-11-9-12(15(21)20-7-8-22-6)14(19)10-13(11)18-23-16(2,3)17(4,5)24-18/h9-10H,7-8H2,1-6H3,(H,20,21). The van der Waals surface area contributed by atoms with Gasteiger partial charge in [0, 0.05) is 13.7 Å². The highest BCUT2D eigenvalue weighted by atomic mass is 19.1. The Bertz CT molecular complexity index is 617. The van der Waals surface area contributed by atoms with Gasteiger partial charge in [0.05, 0.1) is 23.4 Å². The third-order valence-electron chi connectivity index (χ3n) is 4.70. The van der Waals surface area contributed by atoms with Crippen LogP contribution in [0.15, 0.2) is 12.1 Å². The first-order valence-corrected chi connectivity index (χ1v) is 8.02. The molecule has 24 heavy (non-hydrogen) atoms. The molecule has 1 aliphatic heterocycles. The lowest BCUT2D eigenvalue weighted by atomic mass is 9.75. The molecule has 1 fully saturated rings. The van der Waals surface area contributed by atoms with Gasteiger partial charge in [-0.2, -0.15) is 0 Å². The largest absolute Gasteiger partial charge is 0.495 e. The van der Waals surface area contributed by atoms with E-state index in [1.54, 1.807) is 0 Å². The summed E-state index contributed by atoms with van der Waals surface area (Å²) in [5, 5.41) is 2.62. The SMILES string of the molecule is COCCNC(=O)c1cc(C)c(B2OC(C)(C)C(C)(C)O2)cc1F. The van der Waals surface area contributed by atoms with Gasteiger partial charge in [0.25, 0.3) is 5.91 Å². The molecule has 5 nitrogen and oxygen atoms in total. The van der Waals surface area contributed by atoms with Crippen LogP contribution in [0.2, 0.25) is 0 Å². The fraction of sp³-hybridized carbons (Fsp3) is 0.588. The molecule has 0 aliphatic carbocycles. The zero-order valence-electron chi connectivity index (χ0n) is 15.2. The average molecular weight is 337 g/mol. The molecule has 0 spiro atoms. The molecule has 1 aromatic rings. The van der Waals surface area contributed by atoms with Crippen molar-refractivity contribution < 1.29 is 23.2 Å². The molecule has 2 rings (SSSR count). The number of amides is 1. The summed E-state index contributed by atoms with van der Waals surface area (Å²) in [6.45, 7) is 10.3. The van der Waals surface area contributed by atoms with Crippen LogP contribution in [-0.4, -0.2) is 44.5 Å². The number of halogens is 1. The van der Waals surface area contributed by atoms with E-state index >= 15 is 0 Å². The van der Waals surface area contributed by atoms with Gasteiger partial charge in [-0.05, 0) is 52.2 Å². The van der Waals surface area contributed by atoms with Crippen LogP contribution in [0, 0.1) is 12.7 Å². The second-order valence-electron chi connectivity index (χ2n) is 7.03. The lowest BCUT2D eigenvalue weighted by Crippen LogP contribution is -2.41. The lowest BCUT2D eigenvalue weighted by molar-refractivity contribution is 0.00578. The minimum atomic E-state index is -0.657. The van der Waals surface area contributed by atoms with Crippen molar-refractivity contribution in [3.63, 3.8) is 0 Å². The number of carbonyl (C=O) groups is 1. The lowest BCUT2D eigenvalue weighted by Gasteiger charge is -2.32. The number of hydrogen-bond donors (Lipinski definition) is 1. The summed E-state index contributed by atoms with van der Waals surface area (Å²) >= 11 is 0. The first-order valence-electron chi connectivity index (χ1n) is 8.02. The van der Waals surface area contributed by atoms with E-state index in [0.29, 0.717) is 18.6 Å². The Hall–Kier alpha value is -1.44. The number of aryl methyl sites for hydroxylation is 1. The topological polar surface area (TPSA) is 56.8 Å². The van der Waals surface area contributed by atoms with Crippen LogP contribution in [0.4, 0.5) is 4.39 Å². The number of ether oxygens (including phenoxy) is 1. The van der Waals surface area contributed by atoms with Crippen molar-refractivity contribution in [2.24, 2.45) is 0 Å². The maximum Gasteiger partial charge on any atom is 0.495 e. The van der Waals surface area contributed by atoms with Crippen LogP contribution in [0.5, 0.6) is 0 Å². The maximum atomic E-state index is 14.4. The zero-order chi connectivity index (χ0) is 18.1. The summed E-state index contributed by atoms with van der Waals surface area (Å²) in [4.78, 5) is 12.1. The van der Waals surface area contributed by atoms with Gasteiger partial charge in [0.15, 0.2) is 0 Å². The highest BCUT2D eigenvalue weighted by Crippen LogP contribution is 2.36. The Labute approximate surface area is 143 Å². The fourth-order valence-electron chi connectivity index (χ4n) is 2.46. The maximum absolute atomic E-state index is 14.4. The summed E-state index contributed by atoms with van der Waals surface area (Å²) < 4.78 is 31.2. The summed E-state index contributed by atoms with van der Waals surface area (Å²) in [5.41, 5.74) is 0.336. The number of hydrogen-bond acceptors (Lipinski definition) is 4.